The molecule has 2 rings (SSSR count). The highest BCUT2D eigenvalue weighted by atomic mass is 16.6. The lowest BCUT2D eigenvalue weighted by Crippen LogP contribution is -2.15. The van der Waals surface area contributed by atoms with Crippen LogP contribution in [0.25, 0.3) is 0 Å². The van der Waals surface area contributed by atoms with Gasteiger partial charge in [-0.1, -0.05) is 12.2 Å². The zero-order valence-corrected chi connectivity index (χ0v) is 6.60. The molecule has 0 bridgehead atoms. The number of hydrogen-bond donors (Lipinski definition) is 0. The van der Waals surface area contributed by atoms with E-state index in [9.17, 15) is 0 Å². The Morgan fingerprint density at radius 2 is 2.00 bits per heavy atom. The normalized spacial score (nSPS) is 25.1. The van der Waals surface area contributed by atoms with Gasteiger partial charge < -0.3 is 4.74 Å². The largest absolute Gasteiger partial charge is 0.459 e. The van der Waals surface area contributed by atoms with Gasteiger partial charge in [0.25, 0.3) is 0 Å². The third-order valence-corrected chi connectivity index (χ3v) is 2.64. The lowest BCUT2D eigenvalue weighted by atomic mass is 9.77. The summed E-state index contributed by atoms with van der Waals surface area (Å²) in [7, 11) is 0. The van der Waals surface area contributed by atoms with Gasteiger partial charge in [0, 0.05) is 18.3 Å². The third-order valence-electron chi connectivity index (χ3n) is 2.64. The summed E-state index contributed by atoms with van der Waals surface area (Å²) in [6.45, 7) is 7.66. The molecule has 1 aliphatic heterocycles. The van der Waals surface area contributed by atoms with Crippen LogP contribution in [0.2, 0.25) is 0 Å². The van der Waals surface area contributed by atoms with Gasteiger partial charge in [-0.15, -0.1) is 13.2 Å². The highest BCUT2D eigenvalue weighted by molar-refractivity contribution is 5.28. The monoisotopic (exact) mass is 148 g/mol. The van der Waals surface area contributed by atoms with E-state index in [1.165, 1.54) is 11.5 Å². The van der Waals surface area contributed by atoms with Gasteiger partial charge in [0.05, 0.1) is 0 Å². The van der Waals surface area contributed by atoms with Crippen molar-refractivity contribution in [3.63, 3.8) is 0 Å². The summed E-state index contributed by atoms with van der Waals surface area (Å²) in [4.78, 5) is 0. The van der Waals surface area contributed by atoms with E-state index in [2.05, 4.69) is 13.2 Å². The Hall–Kier alpha value is -0.980. The van der Waals surface area contributed by atoms with Crippen molar-refractivity contribution in [2.45, 2.75) is 19.3 Å². The molecule has 0 aromatic heterocycles. The first-order valence-electron chi connectivity index (χ1n) is 3.97. The summed E-state index contributed by atoms with van der Waals surface area (Å²) < 4.78 is 5.27. The molecule has 0 saturated heterocycles. The second-order valence-corrected chi connectivity index (χ2v) is 3.27. The van der Waals surface area contributed by atoms with E-state index in [1.807, 2.05) is 12.2 Å². The van der Waals surface area contributed by atoms with Crippen LogP contribution >= 0.6 is 0 Å². The highest BCUT2D eigenvalue weighted by Crippen LogP contribution is 2.49. The Bertz CT molecular complexity index is 240. The van der Waals surface area contributed by atoms with Gasteiger partial charge in [-0.3, -0.25) is 0 Å². The highest BCUT2D eigenvalue weighted by Gasteiger charge is 2.39. The maximum Gasteiger partial charge on any atom is 0.143 e. The smallest absolute Gasteiger partial charge is 0.143 e. The third kappa shape index (κ3) is 0.917. The lowest BCUT2D eigenvalue weighted by Gasteiger charge is -2.24. The van der Waals surface area contributed by atoms with Gasteiger partial charge >= 0.3 is 0 Å². The number of ether oxygens (including phenoxy) is 1. The van der Waals surface area contributed by atoms with Crippen LogP contribution in [0.5, 0.6) is 0 Å². The minimum atomic E-state index is 0.120. The lowest BCUT2D eigenvalue weighted by molar-refractivity contribution is 0.425. The maximum absolute atomic E-state index is 5.27. The summed E-state index contributed by atoms with van der Waals surface area (Å²) in [5, 5.41) is 0. The molecule has 1 aliphatic carbocycles. The molecule has 58 valence electrons. The molecule has 0 aromatic carbocycles. The predicted molar refractivity (Wildman–Crippen MR) is 44.8 cm³/mol. The van der Waals surface area contributed by atoms with Crippen molar-refractivity contribution in [3.8, 4) is 0 Å². The predicted octanol–water partition coefficient (Wildman–Crippen LogP) is 2.77. The zero-order valence-electron chi connectivity index (χ0n) is 6.60. The molecule has 0 atom stereocenters. The molecule has 11 heavy (non-hydrogen) atoms. The van der Waals surface area contributed by atoms with E-state index < -0.39 is 0 Å². The van der Waals surface area contributed by atoms with Crippen molar-refractivity contribution in [2.24, 2.45) is 5.41 Å². The number of rotatable bonds is 2. The van der Waals surface area contributed by atoms with Gasteiger partial charge in [0.15, 0.2) is 0 Å². The summed E-state index contributed by atoms with van der Waals surface area (Å²) >= 11 is 0. The topological polar surface area (TPSA) is 12.5 Å². The average molecular weight is 148 g/mol. The summed E-state index contributed by atoms with van der Waals surface area (Å²) in [5.74, 6) is 2.39. The summed E-state index contributed by atoms with van der Waals surface area (Å²) in [6.07, 6.45) is 7.14. The molecule has 1 nitrogen and oxygen atoms in total. The van der Waals surface area contributed by atoms with Gasteiger partial charge in [-0.05, 0) is 6.42 Å². The van der Waals surface area contributed by atoms with Gasteiger partial charge in [0.2, 0.25) is 0 Å². The Balaban J connectivity index is 2.21. The molecule has 0 spiro atoms. The maximum atomic E-state index is 5.27. The van der Waals surface area contributed by atoms with Crippen LogP contribution in [0, 0.1) is 5.41 Å². The van der Waals surface area contributed by atoms with Crippen molar-refractivity contribution >= 4 is 0 Å². The first kappa shape index (κ1) is 6.71. The fraction of sp³-hybridized carbons (Fsp3) is 0.400. The molecule has 0 amide bonds. The first-order valence-corrected chi connectivity index (χ1v) is 3.97. The van der Waals surface area contributed by atoms with Crippen LogP contribution in [0.15, 0.2) is 36.8 Å². The minimum absolute atomic E-state index is 0.120. The molecule has 0 saturated carbocycles. The van der Waals surface area contributed by atoms with Crippen LogP contribution < -0.4 is 0 Å². The van der Waals surface area contributed by atoms with E-state index in [1.54, 1.807) is 0 Å². The van der Waals surface area contributed by atoms with Crippen LogP contribution in [0.3, 0.4) is 0 Å². The van der Waals surface area contributed by atoms with Crippen molar-refractivity contribution in [1.82, 2.24) is 0 Å². The molecular weight excluding hydrogens is 136 g/mol. The van der Waals surface area contributed by atoms with Gasteiger partial charge in [-0.2, -0.15) is 0 Å². The van der Waals surface area contributed by atoms with E-state index in [-0.39, 0.29) is 5.41 Å². The van der Waals surface area contributed by atoms with Crippen LogP contribution in [-0.2, 0) is 4.74 Å². The van der Waals surface area contributed by atoms with Crippen LogP contribution in [0.1, 0.15) is 19.3 Å². The van der Waals surface area contributed by atoms with Gasteiger partial charge in [-0.25, -0.2) is 0 Å². The van der Waals surface area contributed by atoms with E-state index in [4.69, 9.17) is 4.74 Å². The molecule has 1 heteroatoms. The van der Waals surface area contributed by atoms with E-state index in [0.717, 1.165) is 19.3 Å². The fourth-order valence-corrected chi connectivity index (χ4v) is 1.61. The Morgan fingerprint density at radius 1 is 1.27 bits per heavy atom. The quantitative estimate of drug-likeness (QED) is 0.548. The number of allylic oxidation sites excluding steroid dienone is 4. The van der Waals surface area contributed by atoms with Crippen molar-refractivity contribution in [1.29, 1.82) is 0 Å². The molecular formula is C10H12O. The number of hydrogen-bond acceptors (Lipinski definition) is 1. The van der Waals surface area contributed by atoms with Crippen molar-refractivity contribution < 1.29 is 4.74 Å². The van der Waals surface area contributed by atoms with Crippen LogP contribution in [0.4, 0.5) is 0 Å². The molecule has 0 radical (unpaired) electrons. The molecule has 2 aliphatic rings. The second-order valence-electron chi connectivity index (χ2n) is 3.27. The summed E-state index contributed by atoms with van der Waals surface area (Å²) in [6, 6.07) is 0. The van der Waals surface area contributed by atoms with Crippen molar-refractivity contribution in [3.05, 3.63) is 36.8 Å². The average Bonchev–Trinajstić information content (AvgIpc) is 2.81. The molecule has 1 heterocycles. The summed E-state index contributed by atoms with van der Waals surface area (Å²) in [5.41, 5.74) is 0.120. The van der Waals surface area contributed by atoms with Crippen LogP contribution in [-0.4, -0.2) is 0 Å². The van der Waals surface area contributed by atoms with E-state index in [0.29, 0.717) is 0 Å². The molecule has 0 aromatic rings. The fourth-order valence-electron chi connectivity index (χ4n) is 1.61. The Kier molecular flexibility index (Phi) is 1.22. The SMILES string of the molecule is C=CC1(C=C)CCC2=C(C1)O2. The standard InChI is InChI=1S/C10H12O/c1-3-10(4-2)6-5-8-9(7-10)11-8/h3-4H,1-2,5-7H2. The molecule has 0 N–H and O–H groups in total. The zero-order chi connectivity index (χ0) is 7.90. The molecule has 0 fully saturated rings. The first-order chi connectivity index (χ1) is 5.29. The van der Waals surface area contributed by atoms with E-state index >= 15 is 0 Å². The molecule has 0 unspecified atom stereocenters. The van der Waals surface area contributed by atoms with Gasteiger partial charge in [0.1, 0.15) is 11.5 Å². The minimum Gasteiger partial charge on any atom is -0.459 e. The Labute approximate surface area is 67.1 Å². The van der Waals surface area contributed by atoms with Crippen molar-refractivity contribution in [2.75, 3.05) is 0 Å². The Morgan fingerprint density at radius 3 is 2.55 bits per heavy atom. The second kappa shape index (κ2) is 2.00.